The average Bonchev–Trinajstić information content (AvgIpc) is 3.11. The van der Waals surface area contributed by atoms with Gasteiger partial charge in [0.25, 0.3) is 17.4 Å². The molecule has 2 N–H and O–H groups in total. The van der Waals surface area contributed by atoms with E-state index >= 15 is 0 Å². The van der Waals surface area contributed by atoms with Crippen LogP contribution in [-0.4, -0.2) is 63.2 Å². The van der Waals surface area contributed by atoms with Crippen LogP contribution in [0.25, 0.3) is 22.4 Å². The number of carbonyl (C=O) groups excluding carboxylic acids is 2. The average molecular weight is 400 g/mol. The van der Waals surface area contributed by atoms with Gasteiger partial charge < -0.3 is 14.9 Å². The minimum atomic E-state index is -0.380. The quantitative estimate of drug-likeness (QED) is 0.654. The summed E-state index contributed by atoms with van der Waals surface area (Å²) in [7, 11) is 3.78. The Morgan fingerprint density at radius 1 is 1.18 bits per heavy atom. The van der Waals surface area contributed by atoms with Crippen molar-refractivity contribution in [3.63, 3.8) is 0 Å². The number of aromatic amines is 2. The molecule has 0 fully saturated rings. The van der Waals surface area contributed by atoms with Crippen molar-refractivity contribution in [1.82, 2.24) is 24.8 Å². The number of imide groups is 1. The monoisotopic (exact) mass is 399 g/mol. The molecule has 2 amide bonds. The van der Waals surface area contributed by atoms with Gasteiger partial charge in [-0.1, -0.05) is 11.6 Å². The van der Waals surface area contributed by atoms with Crippen LogP contribution in [0.5, 0.6) is 0 Å². The zero-order valence-corrected chi connectivity index (χ0v) is 16.3. The molecular formula is C19H18ClN5O3. The Balaban J connectivity index is 1.79. The standard InChI is InChI=1S/C19H18ClN5O3/c1-9(8-24(2)3)25-18(27)10-6-13-14(7-11(10)19(25)28)23-16(22-13)15-12(20)4-5-21-17(15)26/h4-7,9H,8H2,1-3H3,(H,21,26)(H,22,23). The van der Waals surface area contributed by atoms with E-state index in [4.69, 9.17) is 11.6 Å². The van der Waals surface area contributed by atoms with Crippen LogP contribution in [0, 0.1) is 0 Å². The molecule has 4 rings (SSSR count). The molecule has 0 aliphatic carbocycles. The summed E-state index contributed by atoms with van der Waals surface area (Å²) in [6.07, 6.45) is 1.45. The number of fused-ring (bicyclic) bond motifs is 2. The first-order valence-corrected chi connectivity index (χ1v) is 9.09. The van der Waals surface area contributed by atoms with Crippen LogP contribution in [-0.2, 0) is 0 Å². The molecule has 3 heterocycles. The fourth-order valence-electron chi connectivity index (χ4n) is 3.57. The van der Waals surface area contributed by atoms with Gasteiger partial charge >= 0.3 is 0 Å². The lowest BCUT2D eigenvalue weighted by Gasteiger charge is -2.25. The molecule has 0 saturated carbocycles. The van der Waals surface area contributed by atoms with Crippen molar-refractivity contribution in [3.8, 4) is 11.4 Å². The highest BCUT2D eigenvalue weighted by atomic mass is 35.5. The number of rotatable bonds is 4. The number of nitrogens with one attached hydrogen (secondary N) is 2. The van der Waals surface area contributed by atoms with E-state index in [9.17, 15) is 14.4 Å². The Hall–Kier alpha value is -2.97. The number of pyridine rings is 1. The van der Waals surface area contributed by atoms with Gasteiger partial charge in [0, 0.05) is 12.7 Å². The van der Waals surface area contributed by atoms with Crippen LogP contribution in [0.3, 0.4) is 0 Å². The summed E-state index contributed by atoms with van der Waals surface area (Å²) in [5.41, 5.74) is 1.50. The van der Waals surface area contributed by atoms with Crippen LogP contribution in [0.1, 0.15) is 27.6 Å². The lowest BCUT2D eigenvalue weighted by Crippen LogP contribution is -2.43. The fourth-order valence-corrected chi connectivity index (χ4v) is 3.80. The molecule has 28 heavy (non-hydrogen) atoms. The molecule has 0 bridgehead atoms. The zero-order valence-electron chi connectivity index (χ0n) is 15.5. The molecule has 1 aliphatic heterocycles. The number of halogens is 1. The maximum Gasteiger partial charge on any atom is 0.261 e. The third-order valence-corrected chi connectivity index (χ3v) is 5.05. The Labute approximate surface area is 165 Å². The molecular weight excluding hydrogens is 382 g/mol. The zero-order chi connectivity index (χ0) is 20.2. The van der Waals surface area contributed by atoms with E-state index < -0.39 is 0 Å². The maximum atomic E-state index is 12.8. The van der Waals surface area contributed by atoms with Gasteiger partial charge in [-0.15, -0.1) is 0 Å². The molecule has 8 nitrogen and oxygen atoms in total. The number of likely N-dealkylation sites (N-methyl/N-ethyl adjacent to an activating group) is 1. The van der Waals surface area contributed by atoms with Gasteiger partial charge in [-0.25, -0.2) is 4.98 Å². The number of carbonyl (C=O) groups is 2. The highest BCUT2D eigenvalue weighted by Crippen LogP contribution is 2.30. The largest absolute Gasteiger partial charge is 0.338 e. The molecule has 1 aliphatic rings. The number of benzene rings is 1. The number of aromatic nitrogens is 3. The lowest BCUT2D eigenvalue weighted by molar-refractivity contribution is 0.0576. The van der Waals surface area contributed by atoms with E-state index in [0.717, 1.165) is 0 Å². The molecule has 0 spiro atoms. The number of nitrogens with zero attached hydrogens (tertiary/aromatic N) is 3. The van der Waals surface area contributed by atoms with Crippen molar-refractivity contribution in [2.24, 2.45) is 0 Å². The Morgan fingerprint density at radius 2 is 1.86 bits per heavy atom. The normalized spacial score (nSPS) is 15.0. The van der Waals surface area contributed by atoms with E-state index in [1.807, 2.05) is 25.9 Å². The summed E-state index contributed by atoms with van der Waals surface area (Å²) < 4.78 is 0. The minimum absolute atomic E-state index is 0.208. The molecule has 9 heteroatoms. The van der Waals surface area contributed by atoms with Crippen LogP contribution < -0.4 is 5.56 Å². The van der Waals surface area contributed by atoms with Crippen molar-refractivity contribution in [2.75, 3.05) is 20.6 Å². The molecule has 0 saturated heterocycles. The maximum absolute atomic E-state index is 12.8. The van der Waals surface area contributed by atoms with Crippen LogP contribution in [0.15, 0.2) is 29.2 Å². The van der Waals surface area contributed by atoms with Gasteiger partial charge in [0.2, 0.25) is 0 Å². The van der Waals surface area contributed by atoms with Crippen LogP contribution in [0.4, 0.5) is 0 Å². The summed E-state index contributed by atoms with van der Waals surface area (Å²) in [4.78, 5) is 51.0. The second-order valence-corrected chi connectivity index (χ2v) is 7.53. The summed E-state index contributed by atoms with van der Waals surface area (Å²) in [5, 5.41) is 0.256. The second kappa shape index (κ2) is 6.57. The molecule has 3 aromatic rings. The van der Waals surface area contributed by atoms with Gasteiger partial charge in [-0.3, -0.25) is 19.3 Å². The summed E-state index contributed by atoms with van der Waals surface area (Å²) in [6.45, 7) is 2.41. The first-order valence-electron chi connectivity index (χ1n) is 8.72. The van der Waals surface area contributed by atoms with Gasteiger partial charge in [-0.05, 0) is 39.2 Å². The van der Waals surface area contributed by atoms with E-state index in [1.165, 1.54) is 11.1 Å². The Bertz CT molecular complexity index is 1130. The Kier molecular flexibility index (Phi) is 4.32. The van der Waals surface area contributed by atoms with Crippen LogP contribution in [0.2, 0.25) is 5.02 Å². The van der Waals surface area contributed by atoms with E-state index in [0.29, 0.717) is 28.7 Å². The summed E-state index contributed by atoms with van der Waals surface area (Å²) in [6, 6.07) is 4.49. The van der Waals surface area contributed by atoms with E-state index in [2.05, 4.69) is 15.0 Å². The predicted octanol–water partition coefficient (Wildman–Crippen LogP) is 2.12. The van der Waals surface area contributed by atoms with Gasteiger partial charge in [0.1, 0.15) is 11.4 Å². The fraction of sp³-hybridized carbons (Fsp3) is 0.263. The first kappa shape index (κ1) is 18.4. The van der Waals surface area contributed by atoms with E-state index in [1.54, 1.807) is 18.2 Å². The number of imidazole rings is 1. The SMILES string of the molecule is CC(CN(C)C)N1C(=O)c2cc3nc(-c4c(Cl)cc[nH]c4=O)[nH]c3cc2C1=O. The van der Waals surface area contributed by atoms with Crippen molar-refractivity contribution < 1.29 is 9.59 Å². The molecule has 1 atom stereocenters. The first-order chi connectivity index (χ1) is 13.3. The van der Waals surface area contributed by atoms with Crippen molar-refractivity contribution in [1.29, 1.82) is 0 Å². The van der Waals surface area contributed by atoms with E-state index in [-0.39, 0.29) is 39.8 Å². The van der Waals surface area contributed by atoms with Crippen molar-refractivity contribution in [3.05, 3.63) is 50.9 Å². The number of H-pyrrole nitrogens is 2. The predicted molar refractivity (Wildman–Crippen MR) is 106 cm³/mol. The number of amides is 2. The summed E-state index contributed by atoms with van der Waals surface area (Å²) >= 11 is 6.14. The van der Waals surface area contributed by atoms with Gasteiger partial charge in [-0.2, -0.15) is 0 Å². The number of hydrogen-bond acceptors (Lipinski definition) is 5. The minimum Gasteiger partial charge on any atom is -0.338 e. The van der Waals surface area contributed by atoms with Crippen LogP contribution >= 0.6 is 11.6 Å². The second-order valence-electron chi connectivity index (χ2n) is 7.12. The molecule has 144 valence electrons. The number of hydrogen-bond donors (Lipinski definition) is 2. The third kappa shape index (κ3) is 2.81. The summed E-state index contributed by atoms with van der Waals surface area (Å²) in [5.74, 6) is -0.386. The Morgan fingerprint density at radius 3 is 2.50 bits per heavy atom. The topological polar surface area (TPSA) is 102 Å². The molecule has 2 aromatic heterocycles. The lowest BCUT2D eigenvalue weighted by atomic mass is 10.1. The van der Waals surface area contributed by atoms with Gasteiger partial charge in [0.15, 0.2) is 0 Å². The molecule has 0 radical (unpaired) electrons. The molecule has 1 aromatic carbocycles. The third-order valence-electron chi connectivity index (χ3n) is 4.74. The highest BCUT2D eigenvalue weighted by Gasteiger charge is 2.39. The highest BCUT2D eigenvalue weighted by molar-refractivity contribution is 6.33. The molecule has 1 unspecified atom stereocenters. The smallest absolute Gasteiger partial charge is 0.261 e. The van der Waals surface area contributed by atoms with Gasteiger partial charge in [0.05, 0.1) is 33.2 Å². The van der Waals surface area contributed by atoms with Crippen molar-refractivity contribution in [2.45, 2.75) is 13.0 Å². The van der Waals surface area contributed by atoms with Crippen molar-refractivity contribution >= 4 is 34.4 Å².